The van der Waals surface area contributed by atoms with E-state index >= 15 is 0 Å². The van der Waals surface area contributed by atoms with E-state index in [9.17, 15) is 4.79 Å². The molecule has 0 aliphatic heterocycles. The summed E-state index contributed by atoms with van der Waals surface area (Å²) >= 11 is 1.53. The predicted octanol–water partition coefficient (Wildman–Crippen LogP) is 4.12. The number of aromatic nitrogens is 2. The number of rotatable bonds is 3. The van der Waals surface area contributed by atoms with Gasteiger partial charge >= 0.3 is 0 Å². The van der Waals surface area contributed by atoms with Crippen molar-refractivity contribution < 1.29 is 4.74 Å². The molecule has 0 radical (unpaired) electrons. The molecule has 4 rings (SSSR count). The summed E-state index contributed by atoms with van der Waals surface area (Å²) in [6, 6.07) is 19.3. The molecule has 118 valence electrons. The van der Waals surface area contributed by atoms with Crippen LogP contribution in [0, 0.1) is 0 Å². The summed E-state index contributed by atoms with van der Waals surface area (Å²) in [7, 11) is 1.61. The van der Waals surface area contributed by atoms with Crippen LogP contribution >= 0.6 is 11.3 Å². The molecule has 0 saturated heterocycles. The Kier molecular flexibility index (Phi) is 3.63. The standard InChI is InChI=1S/C19H14N2O2S/c1-23-15-9-5-8-14(10-15)21-12-20-18-16(19(21)22)11-17(24-18)13-6-3-2-4-7-13/h2-12H,1H3. The van der Waals surface area contributed by atoms with Crippen LogP contribution in [0.4, 0.5) is 0 Å². The van der Waals surface area contributed by atoms with Gasteiger partial charge in [0.2, 0.25) is 0 Å². The summed E-state index contributed by atoms with van der Waals surface area (Å²) in [4.78, 5) is 19.1. The summed E-state index contributed by atoms with van der Waals surface area (Å²) in [5, 5.41) is 0.629. The molecule has 24 heavy (non-hydrogen) atoms. The first-order chi connectivity index (χ1) is 11.8. The lowest BCUT2D eigenvalue weighted by Gasteiger charge is -2.06. The second-order valence-corrected chi connectivity index (χ2v) is 6.35. The molecule has 0 aliphatic rings. The first kappa shape index (κ1) is 14.7. The average molecular weight is 334 g/mol. The van der Waals surface area contributed by atoms with Gasteiger partial charge in [0.25, 0.3) is 5.56 Å². The van der Waals surface area contributed by atoms with Crippen LogP contribution in [0.5, 0.6) is 5.75 Å². The Bertz CT molecular complexity index is 1070. The fourth-order valence-corrected chi connectivity index (χ4v) is 3.61. The van der Waals surface area contributed by atoms with Crippen molar-refractivity contribution in [3.63, 3.8) is 0 Å². The highest BCUT2D eigenvalue weighted by atomic mass is 32.1. The van der Waals surface area contributed by atoms with E-state index in [-0.39, 0.29) is 5.56 Å². The van der Waals surface area contributed by atoms with E-state index in [2.05, 4.69) is 4.98 Å². The molecule has 5 heteroatoms. The highest BCUT2D eigenvalue weighted by molar-refractivity contribution is 7.21. The zero-order valence-electron chi connectivity index (χ0n) is 13.0. The lowest BCUT2D eigenvalue weighted by molar-refractivity contribution is 0.414. The molecule has 0 unspecified atom stereocenters. The average Bonchev–Trinajstić information content (AvgIpc) is 3.08. The quantitative estimate of drug-likeness (QED) is 0.566. The molecule has 2 aromatic heterocycles. The van der Waals surface area contributed by atoms with Crippen molar-refractivity contribution in [3.05, 3.63) is 77.3 Å². The number of methoxy groups -OCH3 is 1. The van der Waals surface area contributed by atoms with Crippen LogP contribution in [0.25, 0.3) is 26.3 Å². The van der Waals surface area contributed by atoms with Crippen molar-refractivity contribution in [2.75, 3.05) is 7.11 Å². The summed E-state index contributed by atoms with van der Waals surface area (Å²) < 4.78 is 6.78. The van der Waals surface area contributed by atoms with Gasteiger partial charge in [0.05, 0.1) is 18.2 Å². The van der Waals surface area contributed by atoms with Gasteiger partial charge in [0.1, 0.15) is 16.9 Å². The van der Waals surface area contributed by atoms with E-state index in [1.165, 1.54) is 11.3 Å². The van der Waals surface area contributed by atoms with E-state index < -0.39 is 0 Å². The van der Waals surface area contributed by atoms with Crippen LogP contribution in [0.3, 0.4) is 0 Å². The number of nitrogens with zero attached hydrogens (tertiary/aromatic N) is 2. The first-order valence-electron chi connectivity index (χ1n) is 7.47. The zero-order chi connectivity index (χ0) is 16.5. The van der Waals surface area contributed by atoms with Crippen LogP contribution in [0.2, 0.25) is 0 Å². The smallest absolute Gasteiger partial charge is 0.266 e. The van der Waals surface area contributed by atoms with Crippen molar-refractivity contribution in [2.45, 2.75) is 0 Å². The molecule has 2 heterocycles. The Morgan fingerprint density at radius 1 is 1.04 bits per heavy atom. The van der Waals surface area contributed by atoms with Crippen LogP contribution in [-0.2, 0) is 0 Å². The van der Waals surface area contributed by atoms with Gasteiger partial charge in [-0.3, -0.25) is 9.36 Å². The van der Waals surface area contributed by atoms with E-state index in [1.807, 2.05) is 60.7 Å². The summed E-state index contributed by atoms with van der Waals surface area (Å²) in [5.74, 6) is 0.704. The molecule has 2 aromatic carbocycles. The van der Waals surface area contributed by atoms with Gasteiger partial charge in [-0.1, -0.05) is 36.4 Å². The first-order valence-corrected chi connectivity index (χ1v) is 8.29. The lowest BCUT2D eigenvalue weighted by Crippen LogP contribution is -2.17. The molecular weight excluding hydrogens is 320 g/mol. The SMILES string of the molecule is COc1cccc(-n2cnc3sc(-c4ccccc4)cc3c2=O)c1. The second-order valence-electron chi connectivity index (χ2n) is 5.32. The molecule has 0 bridgehead atoms. The fourth-order valence-electron chi connectivity index (χ4n) is 2.61. The van der Waals surface area contributed by atoms with Gasteiger partial charge in [0.15, 0.2) is 0 Å². The molecular formula is C19H14N2O2S. The number of fused-ring (bicyclic) bond motifs is 1. The van der Waals surface area contributed by atoms with Gasteiger partial charge in [0, 0.05) is 10.9 Å². The van der Waals surface area contributed by atoms with Gasteiger partial charge in [-0.25, -0.2) is 4.98 Å². The normalized spacial score (nSPS) is 10.9. The number of ether oxygens (including phenoxy) is 1. The van der Waals surface area contributed by atoms with Crippen molar-refractivity contribution in [1.29, 1.82) is 0 Å². The fraction of sp³-hybridized carbons (Fsp3) is 0.0526. The summed E-state index contributed by atoms with van der Waals surface area (Å²) in [5.41, 5.74) is 1.75. The minimum atomic E-state index is -0.0771. The zero-order valence-corrected chi connectivity index (χ0v) is 13.8. The highest BCUT2D eigenvalue weighted by Gasteiger charge is 2.11. The van der Waals surface area contributed by atoms with E-state index in [4.69, 9.17) is 4.74 Å². The van der Waals surface area contributed by atoms with Crippen LogP contribution in [0.1, 0.15) is 0 Å². The van der Waals surface area contributed by atoms with Gasteiger partial charge < -0.3 is 4.74 Å². The molecule has 0 amide bonds. The molecule has 0 spiro atoms. The minimum Gasteiger partial charge on any atom is -0.497 e. The highest BCUT2D eigenvalue weighted by Crippen LogP contribution is 2.30. The van der Waals surface area contributed by atoms with Gasteiger partial charge in [-0.2, -0.15) is 0 Å². The van der Waals surface area contributed by atoms with E-state index in [0.29, 0.717) is 11.1 Å². The molecule has 0 N–H and O–H groups in total. The second kappa shape index (κ2) is 5.94. The van der Waals surface area contributed by atoms with Crippen LogP contribution in [-0.4, -0.2) is 16.7 Å². The van der Waals surface area contributed by atoms with Crippen molar-refractivity contribution in [1.82, 2.24) is 9.55 Å². The minimum absolute atomic E-state index is 0.0771. The Balaban J connectivity index is 1.88. The van der Waals surface area contributed by atoms with Crippen molar-refractivity contribution in [2.24, 2.45) is 0 Å². The Morgan fingerprint density at radius 2 is 1.88 bits per heavy atom. The third kappa shape index (κ3) is 2.49. The molecule has 4 aromatic rings. The van der Waals surface area contributed by atoms with E-state index in [1.54, 1.807) is 18.0 Å². The van der Waals surface area contributed by atoms with Crippen molar-refractivity contribution >= 4 is 21.6 Å². The number of thiophene rings is 1. The summed E-state index contributed by atoms with van der Waals surface area (Å²) in [6.07, 6.45) is 1.57. The molecule has 4 nitrogen and oxygen atoms in total. The Morgan fingerprint density at radius 3 is 2.67 bits per heavy atom. The van der Waals surface area contributed by atoms with Crippen LogP contribution < -0.4 is 10.3 Å². The number of hydrogen-bond donors (Lipinski definition) is 0. The monoisotopic (exact) mass is 334 g/mol. The molecule has 0 atom stereocenters. The maximum absolute atomic E-state index is 12.9. The number of benzene rings is 2. The number of hydrogen-bond acceptors (Lipinski definition) is 4. The summed E-state index contributed by atoms with van der Waals surface area (Å²) in [6.45, 7) is 0. The maximum atomic E-state index is 12.9. The third-order valence-corrected chi connectivity index (χ3v) is 4.93. The van der Waals surface area contributed by atoms with E-state index in [0.717, 1.165) is 21.0 Å². The Hall–Kier alpha value is -2.92. The molecule has 0 fully saturated rings. The van der Waals surface area contributed by atoms with Crippen molar-refractivity contribution in [3.8, 4) is 21.9 Å². The Labute approximate surface area is 142 Å². The largest absolute Gasteiger partial charge is 0.497 e. The van der Waals surface area contributed by atoms with Gasteiger partial charge in [-0.05, 0) is 23.8 Å². The lowest BCUT2D eigenvalue weighted by atomic mass is 10.2. The topological polar surface area (TPSA) is 44.1 Å². The molecule has 0 saturated carbocycles. The predicted molar refractivity (Wildman–Crippen MR) is 97.2 cm³/mol. The van der Waals surface area contributed by atoms with Crippen LogP contribution in [0.15, 0.2) is 71.8 Å². The maximum Gasteiger partial charge on any atom is 0.266 e. The van der Waals surface area contributed by atoms with Gasteiger partial charge in [-0.15, -0.1) is 11.3 Å². The molecule has 0 aliphatic carbocycles. The third-order valence-electron chi connectivity index (χ3n) is 3.84.